The molecule has 0 amide bonds. The van der Waals surface area contributed by atoms with Crippen molar-refractivity contribution in [2.24, 2.45) is 5.84 Å². The van der Waals surface area contributed by atoms with Gasteiger partial charge >= 0.3 is 0 Å². The molecule has 0 aliphatic heterocycles. The summed E-state index contributed by atoms with van der Waals surface area (Å²) < 4.78 is 0.915. The molecule has 0 saturated heterocycles. The minimum absolute atomic E-state index is 0.207. The minimum atomic E-state index is 0.207. The molecule has 0 aromatic heterocycles. The molecule has 1 atom stereocenters. The summed E-state index contributed by atoms with van der Waals surface area (Å²) in [5.74, 6) is 5.54. The molecular weight excluding hydrogens is 275 g/mol. The van der Waals surface area contributed by atoms with E-state index in [1.807, 2.05) is 18.2 Å². The summed E-state index contributed by atoms with van der Waals surface area (Å²) in [5, 5.41) is 0.727. The number of rotatable bonds is 5. The quantitative estimate of drug-likeness (QED) is 0.640. The molecule has 3 N–H and O–H groups in total. The fourth-order valence-electron chi connectivity index (χ4n) is 1.48. The van der Waals surface area contributed by atoms with Gasteiger partial charge in [0.15, 0.2) is 0 Å². The van der Waals surface area contributed by atoms with Gasteiger partial charge in [-0.25, -0.2) is 0 Å². The number of hydrogen-bond donors (Lipinski definition) is 2. The lowest BCUT2D eigenvalue weighted by atomic mass is 10.0. The predicted octanol–water partition coefficient (Wildman–Crippen LogP) is 3.80. The van der Waals surface area contributed by atoms with E-state index in [4.69, 9.17) is 17.4 Å². The normalized spacial score (nSPS) is 12.8. The van der Waals surface area contributed by atoms with Crippen molar-refractivity contribution in [1.82, 2.24) is 5.43 Å². The number of benzene rings is 1. The van der Waals surface area contributed by atoms with E-state index in [1.165, 1.54) is 12.0 Å². The molecule has 2 nitrogen and oxygen atoms in total. The molecule has 1 aromatic carbocycles. The van der Waals surface area contributed by atoms with Gasteiger partial charge in [-0.15, -0.1) is 0 Å². The molecule has 0 heterocycles. The summed E-state index contributed by atoms with van der Waals surface area (Å²) >= 11 is 9.35. The van der Waals surface area contributed by atoms with Crippen molar-refractivity contribution in [1.29, 1.82) is 0 Å². The van der Waals surface area contributed by atoms with Crippen LogP contribution in [0.4, 0.5) is 0 Å². The van der Waals surface area contributed by atoms with Crippen LogP contribution in [-0.2, 0) is 0 Å². The standard InChI is InChI=1S/C11H16BrClN2/c1-2-3-4-11(15-14)8-5-6-10(13)9(12)7-8/h5-7,11,15H,2-4,14H2,1H3. The highest BCUT2D eigenvalue weighted by atomic mass is 79.9. The van der Waals surface area contributed by atoms with Gasteiger partial charge in [-0.05, 0) is 40.0 Å². The summed E-state index contributed by atoms with van der Waals surface area (Å²) in [6.07, 6.45) is 3.38. The van der Waals surface area contributed by atoms with Crippen LogP contribution in [0.1, 0.15) is 37.8 Å². The van der Waals surface area contributed by atoms with Crippen molar-refractivity contribution in [2.75, 3.05) is 0 Å². The van der Waals surface area contributed by atoms with E-state index in [9.17, 15) is 0 Å². The largest absolute Gasteiger partial charge is 0.271 e. The monoisotopic (exact) mass is 290 g/mol. The van der Waals surface area contributed by atoms with Crippen LogP contribution < -0.4 is 11.3 Å². The highest BCUT2D eigenvalue weighted by Crippen LogP contribution is 2.27. The Balaban J connectivity index is 2.78. The van der Waals surface area contributed by atoms with Crippen molar-refractivity contribution in [3.8, 4) is 0 Å². The van der Waals surface area contributed by atoms with Crippen LogP contribution in [0.3, 0.4) is 0 Å². The molecule has 84 valence electrons. The summed E-state index contributed by atoms with van der Waals surface area (Å²) in [6, 6.07) is 6.12. The maximum Gasteiger partial charge on any atom is 0.0548 e. The van der Waals surface area contributed by atoms with Crippen molar-refractivity contribution < 1.29 is 0 Å². The second-order valence-electron chi connectivity index (χ2n) is 3.54. The first kappa shape index (κ1) is 13.0. The number of nitrogens with one attached hydrogen (secondary N) is 1. The Morgan fingerprint density at radius 1 is 1.53 bits per heavy atom. The molecule has 0 bridgehead atoms. The lowest BCUT2D eigenvalue weighted by Crippen LogP contribution is -2.27. The van der Waals surface area contributed by atoms with Crippen LogP contribution in [0.2, 0.25) is 5.02 Å². The minimum Gasteiger partial charge on any atom is -0.271 e. The Hall–Kier alpha value is -0.0900. The molecule has 1 rings (SSSR count). The molecule has 0 fully saturated rings. The van der Waals surface area contributed by atoms with Crippen LogP contribution in [0, 0.1) is 0 Å². The summed E-state index contributed by atoms with van der Waals surface area (Å²) in [6.45, 7) is 2.17. The van der Waals surface area contributed by atoms with E-state index in [1.54, 1.807) is 0 Å². The third kappa shape index (κ3) is 3.76. The van der Waals surface area contributed by atoms with E-state index in [0.29, 0.717) is 0 Å². The fourth-order valence-corrected chi connectivity index (χ4v) is 2.00. The SMILES string of the molecule is CCCCC(NN)c1ccc(Cl)c(Br)c1. The second kappa shape index (κ2) is 6.48. The van der Waals surface area contributed by atoms with Crippen LogP contribution in [0.25, 0.3) is 0 Å². The lowest BCUT2D eigenvalue weighted by molar-refractivity contribution is 0.495. The zero-order valence-corrected chi connectivity index (χ0v) is 11.1. The van der Waals surface area contributed by atoms with Crippen LogP contribution >= 0.6 is 27.5 Å². The highest BCUT2D eigenvalue weighted by Gasteiger charge is 2.10. The third-order valence-corrected chi connectivity index (χ3v) is 3.61. The number of nitrogens with two attached hydrogens (primary N) is 1. The third-order valence-electron chi connectivity index (χ3n) is 2.39. The molecule has 0 aliphatic rings. The second-order valence-corrected chi connectivity index (χ2v) is 4.80. The molecular formula is C11H16BrClN2. The van der Waals surface area contributed by atoms with Gasteiger partial charge in [0, 0.05) is 10.5 Å². The number of halogens is 2. The summed E-state index contributed by atoms with van der Waals surface area (Å²) in [7, 11) is 0. The average molecular weight is 292 g/mol. The van der Waals surface area contributed by atoms with Crippen molar-refractivity contribution in [2.45, 2.75) is 32.2 Å². The molecule has 15 heavy (non-hydrogen) atoms. The molecule has 0 aliphatic carbocycles. The van der Waals surface area contributed by atoms with Crippen LogP contribution in [0.5, 0.6) is 0 Å². The topological polar surface area (TPSA) is 38.0 Å². The van der Waals surface area contributed by atoms with E-state index >= 15 is 0 Å². The number of unbranched alkanes of at least 4 members (excludes halogenated alkanes) is 1. The Morgan fingerprint density at radius 2 is 2.27 bits per heavy atom. The van der Waals surface area contributed by atoms with Crippen LogP contribution in [0.15, 0.2) is 22.7 Å². The highest BCUT2D eigenvalue weighted by molar-refractivity contribution is 9.10. The first-order valence-electron chi connectivity index (χ1n) is 5.10. The molecule has 0 saturated carbocycles. The van der Waals surface area contributed by atoms with E-state index < -0.39 is 0 Å². The van der Waals surface area contributed by atoms with E-state index in [-0.39, 0.29) is 6.04 Å². The van der Waals surface area contributed by atoms with Crippen LogP contribution in [-0.4, -0.2) is 0 Å². The van der Waals surface area contributed by atoms with Gasteiger partial charge < -0.3 is 0 Å². The predicted molar refractivity (Wildman–Crippen MR) is 68.7 cm³/mol. The maximum absolute atomic E-state index is 5.93. The zero-order valence-electron chi connectivity index (χ0n) is 8.76. The first-order valence-corrected chi connectivity index (χ1v) is 6.27. The van der Waals surface area contributed by atoms with Gasteiger partial charge in [0.1, 0.15) is 0 Å². The Bertz CT molecular complexity index is 317. The fraction of sp³-hybridized carbons (Fsp3) is 0.455. The molecule has 0 spiro atoms. The van der Waals surface area contributed by atoms with E-state index in [0.717, 1.165) is 22.3 Å². The maximum atomic E-state index is 5.93. The van der Waals surface area contributed by atoms with Gasteiger partial charge in [-0.2, -0.15) is 0 Å². The Labute approximate surface area is 104 Å². The number of hydrogen-bond acceptors (Lipinski definition) is 2. The lowest BCUT2D eigenvalue weighted by Gasteiger charge is -2.16. The van der Waals surface area contributed by atoms with Gasteiger partial charge in [0.2, 0.25) is 0 Å². The van der Waals surface area contributed by atoms with E-state index in [2.05, 4.69) is 28.3 Å². The Morgan fingerprint density at radius 3 is 2.80 bits per heavy atom. The average Bonchev–Trinajstić information content (AvgIpc) is 2.24. The molecule has 1 aromatic rings. The van der Waals surface area contributed by atoms with Crippen molar-refractivity contribution >= 4 is 27.5 Å². The zero-order chi connectivity index (χ0) is 11.3. The van der Waals surface area contributed by atoms with Crippen molar-refractivity contribution in [3.05, 3.63) is 33.3 Å². The Kier molecular flexibility index (Phi) is 5.61. The molecule has 0 radical (unpaired) electrons. The van der Waals surface area contributed by atoms with Gasteiger partial charge in [-0.3, -0.25) is 11.3 Å². The van der Waals surface area contributed by atoms with Gasteiger partial charge in [-0.1, -0.05) is 37.4 Å². The first-order chi connectivity index (χ1) is 7.19. The molecule has 4 heteroatoms. The smallest absolute Gasteiger partial charge is 0.0548 e. The van der Waals surface area contributed by atoms with Gasteiger partial charge in [0.05, 0.1) is 5.02 Å². The van der Waals surface area contributed by atoms with Crippen molar-refractivity contribution in [3.63, 3.8) is 0 Å². The van der Waals surface area contributed by atoms with Gasteiger partial charge in [0.25, 0.3) is 0 Å². The molecule has 1 unspecified atom stereocenters. The summed E-state index contributed by atoms with van der Waals surface area (Å²) in [5.41, 5.74) is 4.00. The summed E-state index contributed by atoms with van der Waals surface area (Å²) in [4.78, 5) is 0. The number of hydrazine groups is 1.